The molecule has 0 amide bonds. The van der Waals surface area contributed by atoms with Gasteiger partial charge in [0.1, 0.15) is 0 Å². The van der Waals surface area contributed by atoms with Crippen LogP contribution < -0.4 is 5.73 Å². The molecule has 0 unspecified atom stereocenters. The molecular weight excluding hydrogens is 396 g/mol. The fraction of sp³-hybridized carbons (Fsp3) is 0. The maximum Gasteiger partial charge on any atom is 0.0667 e. The summed E-state index contributed by atoms with van der Waals surface area (Å²) in [5.41, 5.74) is 6.72. The van der Waals surface area contributed by atoms with Gasteiger partial charge in [0, 0.05) is 14.6 Å². The van der Waals surface area contributed by atoms with Crippen molar-refractivity contribution in [3.63, 3.8) is 0 Å². The molecule has 0 aliphatic heterocycles. The molecule has 0 radical (unpaired) electrons. The third kappa shape index (κ3) is 1.44. The van der Waals surface area contributed by atoms with Crippen molar-refractivity contribution in [1.82, 2.24) is 0 Å². The van der Waals surface area contributed by atoms with Crippen LogP contribution in [0.15, 0.2) is 18.2 Å². The van der Waals surface area contributed by atoms with E-state index in [4.69, 9.17) is 5.73 Å². The van der Waals surface area contributed by atoms with Gasteiger partial charge in [0.25, 0.3) is 0 Å². The van der Waals surface area contributed by atoms with Crippen LogP contribution in [0.1, 0.15) is 0 Å². The van der Waals surface area contributed by atoms with E-state index in [0.29, 0.717) is 0 Å². The quantitative estimate of drug-likeness (QED) is 0.529. The topological polar surface area (TPSA) is 26.0 Å². The maximum atomic E-state index is 5.84. The molecule has 0 bridgehead atoms. The zero-order valence-corrected chi connectivity index (χ0v) is 11.1. The van der Waals surface area contributed by atoms with Gasteiger partial charge >= 0.3 is 0 Å². The first-order valence-electron chi connectivity index (χ1n) is 3.31. The molecule has 0 saturated carbocycles. The summed E-state index contributed by atoms with van der Waals surface area (Å²) in [6.45, 7) is 0. The van der Waals surface area contributed by atoms with Crippen LogP contribution in [-0.2, 0) is 0 Å². The average molecular weight is 401 g/mol. The molecule has 0 spiro atoms. The van der Waals surface area contributed by atoms with E-state index in [1.165, 1.54) is 16.5 Å². The second-order valence-corrected chi connectivity index (χ2v) is 6.54. The third-order valence-corrected chi connectivity index (χ3v) is 4.83. The van der Waals surface area contributed by atoms with Gasteiger partial charge in [-0.15, -0.1) is 11.3 Å². The van der Waals surface area contributed by atoms with Gasteiger partial charge in [-0.05, 0) is 63.4 Å². The predicted octanol–water partition coefficient (Wildman–Crippen LogP) is 3.69. The van der Waals surface area contributed by atoms with Crippen LogP contribution in [0.5, 0.6) is 0 Å². The molecular formula is C8H5I2NS. The lowest BCUT2D eigenvalue weighted by Crippen LogP contribution is -1.84. The molecule has 0 aliphatic carbocycles. The minimum absolute atomic E-state index is 0.879. The van der Waals surface area contributed by atoms with Crippen LogP contribution in [0.2, 0.25) is 0 Å². The predicted molar refractivity (Wildman–Crippen MR) is 71.7 cm³/mol. The molecule has 0 fully saturated rings. The Bertz CT molecular complexity index is 397. The van der Waals surface area contributed by atoms with Crippen LogP contribution in [0.25, 0.3) is 10.1 Å². The first-order valence-corrected chi connectivity index (χ1v) is 6.29. The number of halogens is 2. The highest BCUT2D eigenvalue weighted by atomic mass is 127. The Morgan fingerprint density at radius 2 is 2.00 bits per heavy atom. The molecule has 0 atom stereocenters. The second kappa shape index (κ2) is 3.30. The maximum absolute atomic E-state index is 5.84. The minimum atomic E-state index is 0.879. The van der Waals surface area contributed by atoms with Gasteiger partial charge in [-0.2, -0.15) is 0 Å². The lowest BCUT2D eigenvalue weighted by molar-refractivity contribution is 1.76. The second-order valence-electron chi connectivity index (χ2n) is 2.43. The van der Waals surface area contributed by atoms with E-state index < -0.39 is 0 Å². The summed E-state index contributed by atoms with van der Waals surface area (Å²) in [4.78, 5) is 0. The Kier molecular flexibility index (Phi) is 2.48. The van der Waals surface area contributed by atoms with Crippen LogP contribution in [0.3, 0.4) is 0 Å². The highest BCUT2D eigenvalue weighted by Crippen LogP contribution is 2.33. The number of anilines is 1. The first-order chi connectivity index (χ1) is 5.68. The number of benzene rings is 1. The van der Waals surface area contributed by atoms with Crippen molar-refractivity contribution in [2.45, 2.75) is 0 Å². The Labute approximate surface area is 102 Å². The van der Waals surface area contributed by atoms with Crippen molar-refractivity contribution in [1.29, 1.82) is 0 Å². The largest absolute Gasteiger partial charge is 0.398 e. The third-order valence-electron chi connectivity index (χ3n) is 1.64. The number of nitrogens with two attached hydrogens (primary N) is 1. The first kappa shape index (κ1) is 9.01. The smallest absolute Gasteiger partial charge is 0.0667 e. The van der Waals surface area contributed by atoms with Crippen LogP contribution in [0.4, 0.5) is 5.69 Å². The molecule has 2 N–H and O–H groups in total. The van der Waals surface area contributed by atoms with Gasteiger partial charge in [-0.3, -0.25) is 0 Å². The summed E-state index contributed by atoms with van der Waals surface area (Å²) >= 11 is 6.46. The monoisotopic (exact) mass is 401 g/mol. The molecule has 1 aromatic carbocycles. The number of thiophene rings is 1. The Hall–Kier alpha value is 0.440. The molecule has 4 heteroatoms. The van der Waals surface area contributed by atoms with E-state index in [-0.39, 0.29) is 0 Å². The summed E-state index contributed by atoms with van der Waals surface area (Å²) in [5, 5.41) is 1.19. The highest BCUT2D eigenvalue weighted by Gasteiger charge is 2.05. The highest BCUT2D eigenvalue weighted by molar-refractivity contribution is 14.1. The van der Waals surface area contributed by atoms with Gasteiger partial charge in [0.05, 0.1) is 7.58 Å². The fourth-order valence-electron chi connectivity index (χ4n) is 1.08. The van der Waals surface area contributed by atoms with Crippen molar-refractivity contribution < 1.29 is 0 Å². The summed E-state index contributed by atoms with van der Waals surface area (Å²) < 4.78 is 3.88. The Morgan fingerprint density at radius 3 is 2.67 bits per heavy atom. The van der Waals surface area contributed by atoms with E-state index in [1.807, 2.05) is 6.07 Å². The van der Waals surface area contributed by atoms with E-state index >= 15 is 0 Å². The molecule has 0 aliphatic rings. The normalized spacial score (nSPS) is 10.8. The van der Waals surface area contributed by atoms with Gasteiger partial charge in [-0.1, -0.05) is 0 Å². The van der Waals surface area contributed by atoms with Gasteiger partial charge in [0.15, 0.2) is 0 Å². The van der Waals surface area contributed by atoms with Crippen molar-refractivity contribution in [3.8, 4) is 0 Å². The van der Waals surface area contributed by atoms with Gasteiger partial charge < -0.3 is 5.73 Å². The van der Waals surface area contributed by atoms with Crippen molar-refractivity contribution in [2.75, 3.05) is 5.73 Å². The number of rotatable bonds is 0. The van der Waals surface area contributed by atoms with E-state index in [0.717, 1.165) is 5.69 Å². The summed E-state index contributed by atoms with van der Waals surface area (Å²) in [7, 11) is 0. The van der Waals surface area contributed by atoms with Crippen LogP contribution in [0, 0.1) is 6.45 Å². The summed E-state index contributed by atoms with van der Waals surface area (Å²) in [5.74, 6) is 0. The molecule has 62 valence electrons. The standard InChI is InChI=1S/C8H5I2NS/c9-5-1-2-6(11)4-3-7(10)12-8(4)5/h1-3H,11H2. The molecule has 2 rings (SSSR count). The summed E-state index contributed by atoms with van der Waals surface area (Å²) in [6.07, 6.45) is 0. The van der Waals surface area contributed by atoms with E-state index in [1.54, 1.807) is 11.3 Å². The zero-order chi connectivity index (χ0) is 8.72. The molecule has 1 nitrogen and oxygen atoms in total. The Balaban J connectivity index is 2.93. The zero-order valence-electron chi connectivity index (χ0n) is 5.97. The number of nitrogen functional groups attached to an aromatic ring is 1. The van der Waals surface area contributed by atoms with Crippen LogP contribution in [-0.4, -0.2) is 0 Å². The number of fused-ring (bicyclic) bond motifs is 1. The SMILES string of the molecule is Nc1ccc(I)c2sc(I)cc12. The minimum Gasteiger partial charge on any atom is -0.398 e. The van der Waals surface area contributed by atoms with Gasteiger partial charge in [-0.25, -0.2) is 0 Å². The molecule has 1 aromatic heterocycles. The van der Waals surface area contributed by atoms with E-state index in [9.17, 15) is 0 Å². The molecule has 0 saturated heterocycles. The van der Waals surface area contributed by atoms with Crippen molar-refractivity contribution in [3.05, 3.63) is 24.7 Å². The number of hydrogen-bond acceptors (Lipinski definition) is 2. The summed E-state index contributed by atoms with van der Waals surface area (Å²) in [6, 6.07) is 6.16. The Morgan fingerprint density at radius 1 is 1.25 bits per heavy atom. The van der Waals surface area contributed by atoms with Crippen LogP contribution >= 0.6 is 56.5 Å². The average Bonchev–Trinajstić information content (AvgIpc) is 2.41. The molecule has 2 aromatic rings. The van der Waals surface area contributed by atoms with Crippen molar-refractivity contribution >= 4 is 72.3 Å². The molecule has 1 heterocycles. The fourth-order valence-corrected chi connectivity index (χ4v) is 3.68. The molecule has 12 heavy (non-hydrogen) atoms. The van der Waals surface area contributed by atoms with Gasteiger partial charge in [0.2, 0.25) is 0 Å². The number of hydrogen-bond donors (Lipinski definition) is 1. The lowest BCUT2D eigenvalue weighted by atomic mass is 10.2. The van der Waals surface area contributed by atoms with E-state index in [2.05, 4.69) is 57.3 Å². The lowest BCUT2D eigenvalue weighted by Gasteiger charge is -1.96. The van der Waals surface area contributed by atoms with Crippen molar-refractivity contribution in [2.24, 2.45) is 0 Å².